The molecule has 5 nitrogen and oxygen atoms in total. The fourth-order valence-corrected chi connectivity index (χ4v) is 4.04. The van der Waals surface area contributed by atoms with Crippen molar-refractivity contribution in [3.63, 3.8) is 0 Å². The minimum absolute atomic E-state index is 0.0219. The second kappa shape index (κ2) is 9.03. The monoisotopic (exact) mass is 364 g/mol. The molecule has 1 heterocycles. The number of benzene rings is 1. The zero-order chi connectivity index (χ0) is 17.5. The average Bonchev–Trinajstić information content (AvgIpc) is 3.00. The number of rotatable bonds is 8. The lowest BCUT2D eigenvalue weighted by Gasteiger charge is -2.15. The van der Waals surface area contributed by atoms with Crippen LogP contribution in [0.15, 0.2) is 28.6 Å². The fraction of sp³-hybridized carbons (Fsp3) is 0.471. The van der Waals surface area contributed by atoms with Gasteiger partial charge in [-0.3, -0.25) is 4.79 Å². The first-order valence-electron chi connectivity index (χ1n) is 8.15. The van der Waals surface area contributed by atoms with Crippen LogP contribution >= 0.6 is 23.1 Å². The topological polar surface area (TPSA) is 66.9 Å². The third-order valence-corrected chi connectivity index (χ3v) is 5.49. The number of amides is 1. The molecule has 2 N–H and O–H groups in total. The van der Waals surface area contributed by atoms with Crippen molar-refractivity contribution in [1.82, 2.24) is 10.2 Å². The Morgan fingerprint density at radius 2 is 2.00 bits per heavy atom. The summed E-state index contributed by atoms with van der Waals surface area (Å²) in [4.78, 5) is 12.5. The number of para-hydroxylation sites is 1. The molecule has 0 aliphatic heterocycles. The predicted molar refractivity (Wildman–Crippen MR) is 103 cm³/mol. The van der Waals surface area contributed by atoms with E-state index in [-0.39, 0.29) is 11.2 Å². The van der Waals surface area contributed by atoms with Gasteiger partial charge in [-0.15, -0.1) is 10.2 Å². The summed E-state index contributed by atoms with van der Waals surface area (Å²) in [7, 11) is 0. The molecule has 1 aromatic carbocycles. The number of thioether (sulfide) groups is 1. The van der Waals surface area contributed by atoms with E-state index in [0.29, 0.717) is 5.92 Å². The summed E-state index contributed by atoms with van der Waals surface area (Å²) in [5.74, 6) is 0.339. The quantitative estimate of drug-likeness (QED) is 0.670. The van der Waals surface area contributed by atoms with E-state index < -0.39 is 0 Å². The summed E-state index contributed by atoms with van der Waals surface area (Å²) in [6, 6.07) is 7.93. The maximum absolute atomic E-state index is 12.5. The summed E-state index contributed by atoms with van der Waals surface area (Å²) < 4.78 is 0.799. The molecule has 0 aliphatic rings. The molecule has 2 aromatic rings. The van der Waals surface area contributed by atoms with E-state index in [0.717, 1.165) is 33.7 Å². The van der Waals surface area contributed by atoms with Gasteiger partial charge >= 0.3 is 0 Å². The van der Waals surface area contributed by atoms with Crippen molar-refractivity contribution in [2.45, 2.75) is 49.6 Å². The molecule has 0 spiro atoms. The number of aromatic nitrogens is 2. The fourth-order valence-electron chi connectivity index (χ4n) is 2.11. The van der Waals surface area contributed by atoms with Crippen LogP contribution in [0.2, 0.25) is 0 Å². The molecular weight excluding hydrogens is 340 g/mol. The lowest BCUT2D eigenvalue weighted by atomic mass is 10.0. The number of carbonyl (C=O) groups is 1. The van der Waals surface area contributed by atoms with Crippen LogP contribution in [0.5, 0.6) is 0 Å². The molecular formula is C17H24N4OS2. The Kier molecular flexibility index (Phi) is 7.05. The Morgan fingerprint density at radius 1 is 1.25 bits per heavy atom. The van der Waals surface area contributed by atoms with E-state index in [1.807, 2.05) is 25.1 Å². The smallest absolute Gasteiger partial charge is 0.237 e. The molecule has 0 radical (unpaired) electrons. The standard InChI is InChI=1S/C17H24N4OS2/c1-5-10-18-16-20-21-17(24-16)23-12(4)15(22)19-14-9-7-6-8-13(14)11(2)3/h6-9,11-12H,5,10H2,1-4H3,(H,18,20)(H,19,22). The summed E-state index contributed by atoms with van der Waals surface area (Å²) in [6.07, 6.45) is 1.04. The number of nitrogens with zero attached hydrogens (tertiary/aromatic N) is 2. The average molecular weight is 365 g/mol. The first kappa shape index (κ1) is 18.7. The minimum Gasteiger partial charge on any atom is -0.360 e. The van der Waals surface area contributed by atoms with Gasteiger partial charge in [0, 0.05) is 12.2 Å². The Hall–Kier alpha value is -1.60. The number of nitrogens with one attached hydrogen (secondary N) is 2. The van der Waals surface area contributed by atoms with Crippen molar-refractivity contribution >= 4 is 39.8 Å². The predicted octanol–water partition coefficient (Wildman–Crippen LogP) is 4.60. The molecule has 1 aromatic heterocycles. The van der Waals surface area contributed by atoms with Gasteiger partial charge in [-0.05, 0) is 30.9 Å². The van der Waals surface area contributed by atoms with Crippen LogP contribution in [0.3, 0.4) is 0 Å². The van der Waals surface area contributed by atoms with Gasteiger partial charge in [0.05, 0.1) is 5.25 Å². The van der Waals surface area contributed by atoms with E-state index in [1.165, 1.54) is 23.1 Å². The molecule has 0 saturated carbocycles. The van der Waals surface area contributed by atoms with E-state index >= 15 is 0 Å². The van der Waals surface area contributed by atoms with E-state index in [2.05, 4.69) is 47.7 Å². The molecule has 1 amide bonds. The van der Waals surface area contributed by atoms with Gasteiger partial charge in [0.1, 0.15) is 0 Å². The van der Waals surface area contributed by atoms with Crippen LogP contribution in [-0.2, 0) is 4.79 Å². The van der Waals surface area contributed by atoms with Gasteiger partial charge in [0.15, 0.2) is 4.34 Å². The first-order valence-corrected chi connectivity index (χ1v) is 9.84. The molecule has 24 heavy (non-hydrogen) atoms. The lowest BCUT2D eigenvalue weighted by Crippen LogP contribution is -2.23. The Balaban J connectivity index is 1.96. The summed E-state index contributed by atoms with van der Waals surface area (Å²) in [5, 5.41) is 15.0. The maximum Gasteiger partial charge on any atom is 0.237 e. The van der Waals surface area contributed by atoms with Crippen LogP contribution in [0.4, 0.5) is 10.8 Å². The Morgan fingerprint density at radius 3 is 2.71 bits per heavy atom. The highest BCUT2D eigenvalue weighted by Gasteiger charge is 2.18. The third kappa shape index (κ3) is 5.21. The van der Waals surface area contributed by atoms with Gasteiger partial charge in [0.2, 0.25) is 11.0 Å². The third-order valence-electron chi connectivity index (χ3n) is 3.42. The maximum atomic E-state index is 12.5. The van der Waals surface area contributed by atoms with Crippen LogP contribution < -0.4 is 10.6 Å². The van der Waals surface area contributed by atoms with Crippen molar-refractivity contribution < 1.29 is 4.79 Å². The van der Waals surface area contributed by atoms with Crippen LogP contribution in [-0.4, -0.2) is 27.9 Å². The molecule has 0 bridgehead atoms. The highest BCUT2D eigenvalue weighted by Crippen LogP contribution is 2.30. The number of carbonyl (C=O) groups excluding carboxylic acids is 1. The lowest BCUT2D eigenvalue weighted by molar-refractivity contribution is -0.115. The molecule has 0 saturated heterocycles. The molecule has 1 unspecified atom stereocenters. The van der Waals surface area contributed by atoms with E-state index in [9.17, 15) is 4.79 Å². The van der Waals surface area contributed by atoms with Crippen molar-refractivity contribution in [2.75, 3.05) is 17.2 Å². The molecule has 130 valence electrons. The summed E-state index contributed by atoms with van der Waals surface area (Å²) in [5.41, 5.74) is 2.03. The normalized spacial score (nSPS) is 12.2. The van der Waals surface area contributed by atoms with Gasteiger partial charge in [-0.2, -0.15) is 0 Å². The number of hydrogen-bond acceptors (Lipinski definition) is 6. The minimum atomic E-state index is -0.239. The van der Waals surface area contributed by atoms with Crippen molar-refractivity contribution in [3.8, 4) is 0 Å². The zero-order valence-electron chi connectivity index (χ0n) is 14.5. The highest BCUT2D eigenvalue weighted by atomic mass is 32.2. The van der Waals surface area contributed by atoms with Crippen molar-refractivity contribution in [3.05, 3.63) is 29.8 Å². The second-order valence-corrected chi connectivity index (χ2v) is 8.36. The number of anilines is 2. The van der Waals surface area contributed by atoms with Crippen LogP contribution in [0.1, 0.15) is 45.6 Å². The SMILES string of the molecule is CCCNc1nnc(SC(C)C(=O)Nc2ccccc2C(C)C)s1. The zero-order valence-corrected chi connectivity index (χ0v) is 16.1. The molecule has 7 heteroatoms. The molecule has 2 rings (SSSR count). The largest absolute Gasteiger partial charge is 0.360 e. The summed E-state index contributed by atoms with van der Waals surface area (Å²) >= 11 is 2.91. The molecule has 1 atom stereocenters. The van der Waals surface area contributed by atoms with Gasteiger partial charge in [-0.1, -0.05) is 62.1 Å². The van der Waals surface area contributed by atoms with Crippen molar-refractivity contribution in [2.24, 2.45) is 0 Å². The first-order chi connectivity index (χ1) is 11.5. The molecule has 0 aliphatic carbocycles. The van der Waals surface area contributed by atoms with Crippen molar-refractivity contribution in [1.29, 1.82) is 0 Å². The van der Waals surface area contributed by atoms with E-state index in [1.54, 1.807) is 0 Å². The van der Waals surface area contributed by atoms with Gasteiger partial charge in [0.25, 0.3) is 0 Å². The Labute approximate surface area is 151 Å². The summed E-state index contributed by atoms with van der Waals surface area (Å²) in [6.45, 7) is 9.11. The Bertz CT molecular complexity index is 672. The van der Waals surface area contributed by atoms with Gasteiger partial charge < -0.3 is 10.6 Å². The highest BCUT2D eigenvalue weighted by molar-refractivity contribution is 8.02. The van der Waals surface area contributed by atoms with E-state index in [4.69, 9.17) is 0 Å². The van der Waals surface area contributed by atoms with Crippen LogP contribution in [0.25, 0.3) is 0 Å². The number of hydrogen-bond donors (Lipinski definition) is 2. The van der Waals surface area contributed by atoms with Crippen LogP contribution in [0, 0.1) is 0 Å². The second-order valence-electron chi connectivity index (χ2n) is 5.79. The van der Waals surface area contributed by atoms with Gasteiger partial charge in [-0.25, -0.2) is 0 Å². The molecule has 0 fully saturated rings.